The van der Waals surface area contributed by atoms with E-state index in [1.807, 2.05) is 31.2 Å². The average Bonchev–Trinajstić information content (AvgIpc) is 3.26. The Morgan fingerprint density at radius 1 is 1.33 bits per heavy atom. The SMILES string of the molecule is C[C@@H]1Cc2ccccc2N1C(=O)Cn1nc(-c2ccoc2)oc1=O. The number of anilines is 1. The maximum absolute atomic E-state index is 12.7. The lowest BCUT2D eigenvalue weighted by atomic mass is 10.1. The van der Waals surface area contributed by atoms with Crippen molar-refractivity contribution in [3.05, 3.63) is 59.0 Å². The number of nitrogens with zero attached hydrogens (tertiary/aromatic N) is 3. The van der Waals surface area contributed by atoms with Gasteiger partial charge in [-0.05, 0) is 31.0 Å². The molecule has 1 aliphatic rings. The molecule has 7 heteroatoms. The highest BCUT2D eigenvalue weighted by atomic mass is 16.4. The van der Waals surface area contributed by atoms with Gasteiger partial charge in [0.05, 0.1) is 11.8 Å². The third-order valence-electron chi connectivity index (χ3n) is 4.14. The van der Waals surface area contributed by atoms with Crippen molar-refractivity contribution in [2.24, 2.45) is 0 Å². The molecular formula is C17H15N3O4. The van der Waals surface area contributed by atoms with Crippen molar-refractivity contribution in [3.63, 3.8) is 0 Å². The van der Waals surface area contributed by atoms with E-state index in [1.54, 1.807) is 11.0 Å². The van der Waals surface area contributed by atoms with E-state index in [0.717, 1.165) is 22.4 Å². The second-order valence-corrected chi connectivity index (χ2v) is 5.79. The van der Waals surface area contributed by atoms with Crippen LogP contribution in [0.2, 0.25) is 0 Å². The number of hydrogen-bond donors (Lipinski definition) is 0. The summed E-state index contributed by atoms with van der Waals surface area (Å²) in [4.78, 5) is 26.4. The van der Waals surface area contributed by atoms with E-state index in [4.69, 9.17) is 8.83 Å². The summed E-state index contributed by atoms with van der Waals surface area (Å²) in [6.07, 6.45) is 3.69. The zero-order chi connectivity index (χ0) is 16.7. The van der Waals surface area contributed by atoms with Crippen LogP contribution >= 0.6 is 0 Å². The third kappa shape index (κ3) is 2.34. The first-order valence-electron chi connectivity index (χ1n) is 7.64. The molecule has 0 radical (unpaired) electrons. The van der Waals surface area contributed by atoms with E-state index in [-0.39, 0.29) is 24.4 Å². The minimum absolute atomic E-state index is 0.0471. The van der Waals surface area contributed by atoms with Crippen molar-refractivity contribution < 1.29 is 13.6 Å². The second-order valence-electron chi connectivity index (χ2n) is 5.79. The van der Waals surface area contributed by atoms with Gasteiger partial charge in [-0.25, -0.2) is 4.79 Å². The summed E-state index contributed by atoms with van der Waals surface area (Å²) < 4.78 is 11.1. The molecule has 7 nitrogen and oxygen atoms in total. The Bertz CT molecular complexity index is 939. The largest absolute Gasteiger partial charge is 0.472 e. The highest BCUT2D eigenvalue weighted by Gasteiger charge is 2.31. The summed E-state index contributed by atoms with van der Waals surface area (Å²) in [6.45, 7) is 1.82. The number of furan rings is 1. The highest BCUT2D eigenvalue weighted by Crippen LogP contribution is 2.31. The van der Waals surface area contributed by atoms with E-state index in [9.17, 15) is 9.59 Å². The molecule has 4 rings (SSSR count). The smallest absolute Gasteiger partial charge is 0.437 e. The van der Waals surface area contributed by atoms with Gasteiger partial charge in [0.2, 0.25) is 5.91 Å². The van der Waals surface area contributed by atoms with E-state index >= 15 is 0 Å². The van der Waals surface area contributed by atoms with Crippen LogP contribution in [0.3, 0.4) is 0 Å². The van der Waals surface area contributed by atoms with Gasteiger partial charge in [0.15, 0.2) is 0 Å². The Balaban J connectivity index is 1.60. The molecule has 0 fully saturated rings. The van der Waals surface area contributed by atoms with Gasteiger partial charge in [-0.15, -0.1) is 5.10 Å². The minimum Gasteiger partial charge on any atom is -0.472 e. The number of carbonyl (C=O) groups is 1. The Hall–Kier alpha value is -3.09. The van der Waals surface area contributed by atoms with Crippen LogP contribution in [0.1, 0.15) is 12.5 Å². The Morgan fingerprint density at radius 2 is 2.17 bits per heavy atom. The van der Waals surface area contributed by atoms with E-state index in [1.165, 1.54) is 12.5 Å². The number of fused-ring (bicyclic) bond motifs is 1. The fraction of sp³-hybridized carbons (Fsp3) is 0.235. The fourth-order valence-corrected chi connectivity index (χ4v) is 3.06. The van der Waals surface area contributed by atoms with Crippen LogP contribution in [0, 0.1) is 0 Å². The molecule has 0 saturated carbocycles. The number of hydrogen-bond acceptors (Lipinski definition) is 5. The summed E-state index contributed by atoms with van der Waals surface area (Å²) in [5, 5.41) is 4.07. The lowest BCUT2D eigenvalue weighted by Gasteiger charge is -2.22. The van der Waals surface area contributed by atoms with Crippen LogP contribution in [0.4, 0.5) is 5.69 Å². The molecule has 0 aliphatic carbocycles. The number of aromatic nitrogens is 2. The van der Waals surface area contributed by atoms with Crippen molar-refractivity contribution in [2.45, 2.75) is 25.9 Å². The Kier molecular flexibility index (Phi) is 3.34. The quantitative estimate of drug-likeness (QED) is 0.736. The standard InChI is InChI=1S/C17H15N3O4/c1-11-8-12-4-2-3-5-14(12)20(11)15(21)9-19-17(22)24-16(18-19)13-6-7-23-10-13/h2-7,10-11H,8-9H2,1H3/t11-/m1/s1. The van der Waals surface area contributed by atoms with Crippen LogP contribution in [0.25, 0.3) is 11.5 Å². The first-order chi connectivity index (χ1) is 11.6. The summed E-state index contributed by atoms with van der Waals surface area (Å²) in [6, 6.07) is 9.47. The van der Waals surface area contributed by atoms with Crippen molar-refractivity contribution in [3.8, 4) is 11.5 Å². The van der Waals surface area contributed by atoms with E-state index in [2.05, 4.69) is 5.10 Å². The zero-order valence-corrected chi connectivity index (χ0v) is 13.0. The van der Waals surface area contributed by atoms with Crippen LogP contribution in [0.5, 0.6) is 0 Å². The van der Waals surface area contributed by atoms with Crippen LogP contribution < -0.4 is 10.7 Å². The number of rotatable bonds is 3. The number of amides is 1. The molecule has 24 heavy (non-hydrogen) atoms. The molecule has 3 aromatic rings. The first-order valence-corrected chi connectivity index (χ1v) is 7.64. The Morgan fingerprint density at radius 3 is 2.96 bits per heavy atom. The average molecular weight is 325 g/mol. The molecule has 0 unspecified atom stereocenters. The molecular weight excluding hydrogens is 310 g/mol. The summed E-state index contributed by atoms with van der Waals surface area (Å²) in [5.41, 5.74) is 2.57. The van der Waals surface area contributed by atoms with Crippen LogP contribution in [-0.4, -0.2) is 21.7 Å². The molecule has 2 aromatic heterocycles. The number of benzene rings is 1. The predicted molar refractivity (Wildman–Crippen MR) is 85.6 cm³/mol. The summed E-state index contributed by atoms with van der Waals surface area (Å²) in [7, 11) is 0. The molecule has 0 saturated heterocycles. The Labute approximate surface area is 137 Å². The van der Waals surface area contributed by atoms with E-state index in [0.29, 0.717) is 5.56 Å². The normalized spacial score (nSPS) is 16.4. The lowest BCUT2D eigenvalue weighted by molar-refractivity contribution is -0.119. The van der Waals surface area contributed by atoms with Gasteiger partial charge < -0.3 is 13.7 Å². The topological polar surface area (TPSA) is 81.5 Å². The second kappa shape index (κ2) is 5.52. The van der Waals surface area contributed by atoms with Gasteiger partial charge in [0.25, 0.3) is 5.89 Å². The van der Waals surface area contributed by atoms with Gasteiger partial charge in [-0.1, -0.05) is 18.2 Å². The monoisotopic (exact) mass is 325 g/mol. The summed E-state index contributed by atoms with van der Waals surface area (Å²) in [5.74, 6) is -0.724. The van der Waals surface area contributed by atoms with Crippen molar-refractivity contribution >= 4 is 11.6 Å². The number of carbonyl (C=O) groups excluding carboxylic acids is 1. The van der Waals surface area contributed by atoms with Gasteiger partial charge in [0, 0.05) is 11.7 Å². The van der Waals surface area contributed by atoms with Gasteiger partial charge in [0.1, 0.15) is 12.8 Å². The summed E-state index contributed by atoms with van der Waals surface area (Å²) >= 11 is 0. The molecule has 3 heterocycles. The van der Waals surface area contributed by atoms with Crippen molar-refractivity contribution in [1.82, 2.24) is 9.78 Å². The molecule has 0 bridgehead atoms. The molecule has 1 atom stereocenters. The zero-order valence-electron chi connectivity index (χ0n) is 13.0. The van der Waals surface area contributed by atoms with Crippen LogP contribution in [0.15, 0.2) is 56.5 Å². The highest BCUT2D eigenvalue weighted by molar-refractivity contribution is 5.96. The minimum atomic E-state index is -0.667. The van der Waals surface area contributed by atoms with Gasteiger partial charge in [-0.3, -0.25) is 4.79 Å². The maximum Gasteiger partial charge on any atom is 0.437 e. The van der Waals surface area contributed by atoms with Crippen LogP contribution in [-0.2, 0) is 17.8 Å². The molecule has 0 spiro atoms. The predicted octanol–water partition coefficient (Wildman–Crippen LogP) is 2.07. The van der Waals surface area contributed by atoms with Crippen molar-refractivity contribution in [2.75, 3.05) is 4.90 Å². The molecule has 1 aromatic carbocycles. The fourth-order valence-electron chi connectivity index (χ4n) is 3.06. The molecule has 1 aliphatic heterocycles. The number of para-hydroxylation sites is 1. The molecule has 0 N–H and O–H groups in total. The lowest BCUT2D eigenvalue weighted by Crippen LogP contribution is -2.39. The van der Waals surface area contributed by atoms with E-state index < -0.39 is 5.76 Å². The molecule has 122 valence electrons. The van der Waals surface area contributed by atoms with Gasteiger partial charge >= 0.3 is 5.76 Å². The van der Waals surface area contributed by atoms with Crippen molar-refractivity contribution in [1.29, 1.82) is 0 Å². The maximum atomic E-state index is 12.7. The third-order valence-corrected chi connectivity index (χ3v) is 4.14. The first kappa shape index (κ1) is 14.5. The molecule has 1 amide bonds. The van der Waals surface area contributed by atoms with Gasteiger partial charge in [-0.2, -0.15) is 4.68 Å².